The highest BCUT2D eigenvalue weighted by Gasteiger charge is 2.28. The van der Waals surface area contributed by atoms with Crippen molar-refractivity contribution in [1.29, 1.82) is 0 Å². The first-order chi connectivity index (χ1) is 14.4. The predicted molar refractivity (Wildman–Crippen MR) is 123 cm³/mol. The van der Waals surface area contributed by atoms with E-state index in [9.17, 15) is 9.59 Å². The second kappa shape index (κ2) is 11.5. The molecular formula is C26H36N2O2. The molecule has 0 aliphatic rings. The van der Waals surface area contributed by atoms with Gasteiger partial charge in [0.1, 0.15) is 6.04 Å². The van der Waals surface area contributed by atoms with Gasteiger partial charge in [-0.3, -0.25) is 9.59 Å². The molecule has 0 bridgehead atoms. The molecule has 0 heterocycles. The van der Waals surface area contributed by atoms with Crippen LogP contribution in [0.3, 0.4) is 0 Å². The van der Waals surface area contributed by atoms with Crippen molar-refractivity contribution in [3.05, 3.63) is 70.3 Å². The number of nitrogens with one attached hydrogen (secondary N) is 1. The highest BCUT2D eigenvalue weighted by molar-refractivity contribution is 5.88. The average Bonchev–Trinajstić information content (AvgIpc) is 2.72. The zero-order chi connectivity index (χ0) is 22.1. The van der Waals surface area contributed by atoms with Gasteiger partial charge in [-0.1, -0.05) is 62.7 Å². The van der Waals surface area contributed by atoms with Gasteiger partial charge in [0.05, 0.1) is 6.42 Å². The Kier molecular flexibility index (Phi) is 9.10. The van der Waals surface area contributed by atoms with Crippen molar-refractivity contribution in [1.82, 2.24) is 10.2 Å². The maximum Gasteiger partial charge on any atom is 0.242 e. The summed E-state index contributed by atoms with van der Waals surface area (Å²) in [7, 11) is 0. The molecule has 2 aromatic carbocycles. The fraction of sp³-hybridized carbons (Fsp3) is 0.462. The van der Waals surface area contributed by atoms with E-state index in [1.54, 1.807) is 4.90 Å². The molecule has 2 amide bonds. The third-order valence-corrected chi connectivity index (χ3v) is 5.74. The quantitative estimate of drug-likeness (QED) is 0.570. The van der Waals surface area contributed by atoms with Crippen LogP contribution in [-0.4, -0.2) is 29.3 Å². The topological polar surface area (TPSA) is 49.4 Å². The van der Waals surface area contributed by atoms with E-state index < -0.39 is 6.04 Å². The molecule has 4 nitrogen and oxygen atoms in total. The molecule has 0 aliphatic heterocycles. The zero-order valence-electron chi connectivity index (χ0n) is 19.1. The summed E-state index contributed by atoms with van der Waals surface area (Å²) < 4.78 is 0. The number of benzene rings is 2. The van der Waals surface area contributed by atoms with Crippen LogP contribution < -0.4 is 5.32 Å². The number of hydrogen-bond acceptors (Lipinski definition) is 2. The molecule has 0 spiro atoms. The lowest BCUT2D eigenvalue weighted by Crippen LogP contribution is -2.49. The van der Waals surface area contributed by atoms with Gasteiger partial charge in [-0.2, -0.15) is 0 Å². The van der Waals surface area contributed by atoms with Crippen LogP contribution in [0.15, 0.2) is 42.5 Å². The van der Waals surface area contributed by atoms with Gasteiger partial charge < -0.3 is 10.2 Å². The summed E-state index contributed by atoms with van der Waals surface area (Å²) in [5.41, 5.74) is 5.58. The molecule has 1 atom stereocenters. The van der Waals surface area contributed by atoms with Crippen LogP contribution in [0.2, 0.25) is 0 Å². The van der Waals surface area contributed by atoms with Crippen LogP contribution in [0.4, 0.5) is 0 Å². The third-order valence-electron chi connectivity index (χ3n) is 5.74. The van der Waals surface area contributed by atoms with Crippen LogP contribution in [0.25, 0.3) is 0 Å². The summed E-state index contributed by atoms with van der Waals surface area (Å²) in [6, 6.07) is 13.7. The van der Waals surface area contributed by atoms with Gasteiger partial charge >= 0.3 is 0 Å². The monoisotopic (exact) mass is 408 g/mol. The largest absolute Gasteiger partial charge is 0.354 e. The Morgan fingerprint density at radius 3 is 2.33 bits per heavy atom. The van der Waals surface area contributed by atoms with Crippen LogP contribution in [0.1, 0.15) is 60.9 Å². The number of carbonyl (C=O) groups excluding carboxylic acids is 2. The SMILES string of the molecule is CCCCNC(=O)C(CC)N(Cc1ccccc1C)C(=O)Cc1ccc(C)c(C)c1. The van der Waals surface area contributed by atoms with Crippen molar-refractivity contribution < 1.29 is 9.59 Å². The molecule has 1 N–H and O–H groups in total. The Balaban J connectivity index is 2.28. The summed E-state index contributed by atoms with van der Waals surface area (Å²) in [6.45, 7) is 11.3. The first-order valence-corrected chi connectivity index (χ1v) is 11.0. The molecule has 162 valence electrons. The van der Waals surface area contributed by atoms with Crippen LogP contribution >= 0.6 is 0 Å². The smallest absolute Gasteiger partial charge is 0.242 e. The predicted octanol–water partition coefficient (Wildman–Crippen LogP) is 4.88. The van der Waals surface area contributed by atoms with E-state index in [0.29, 0.717) is 25.9 Å². The van der Waals surface area contributed by atoms with Crippen LogP contribution in [0.5, 0.6) is 0 Å². The molecule has 0 aliphatic carbocycles. The third kappa shape index (κ3) is 6.45. The van der Waals surface area contributed by atoms with Crippen molar-refractivity contribution in [2.24, 2.45) is 0 Å². The number of aryl methyl sites for hydroxylation is 3. The van der Waals surface area contributed by atoms with Crippen molar-refractivity contribution in [2.75, 3.05) is 6.54 Å². The number of rotatable bonds is 10. The number of nitrogens with zero attached hydrogens (tertiary/aromatic N) is 1. The Hall–Kier alpha value is -2.62. The first-order valence-electron chi connectivity index (χ1n) is 11.0. The molecule has 30 heavy (non-hydrogen) atoms. The lowest BCUT2D eigenvalue weighted by Gasteiger charge is -2.31. The molecule has 0 fully saturated rings. The molecule has 0 saturated carbocycles. The molecule has 2 aromatic rings. The number of amides is 2. The Morgan fingerprint density at radius 1 is 0.967 bits per heavy atom. The molecule has 0 saturated heterocycles. The Morgan fingerprint density at radius 2 is 1.70 bits per heavy atom. The maximum atomic E-state index is 13.4. The van der Waals surface area contributed by atoms with Gasteiger partial charge in [-0.05, 0) is 61.4 Å². The molecule has 0 radical (unpaired) electrons. The fourth-order valence-electron chi connectivity index (χ4n) is 3.59. The van der Waals surface area contributed by atoms with Crippen molar-refractivity contribution in [3.63, 3.8) is 0 Å². The molecule has 1 unspecified atom stereocenters. The molecule has 2 rings (SSSR count). The van der Waals surface area contributed by atoms with Crippen molar-refractivity contribution >= 4 is 11.8 Å². The maximum absolute atomic E-state index is 13.4. The van der Waals surface area contributed by atoms with Crippen molar-refractivity contribution in [3.8, 4) is 0 Å². The van der Waals surface area contributed by atoms with E-state index in [1.165, 1.54) is 11.1 Å². The lowest BCUT2D eigenvalue weighted by molar-refractivity contribution is -0.140. The summed E-state index contributed by atoms with van der Waals surface area (Å²) in [4.78, 5) is 28.1. The normalized spacial score (nSPS) is 11.8. The van der Waals surface area contributed by atoms with E-state index in [-0.39, 0.29) is 11.8 Å². The minimum absolute atomic E-state index is 0.0148. The van der Waals surface area contributed by atoms with E-state index in [4.69, 9.17) is 0 Å². The molecule has 0 aromatic heterocycles. The van der Waals surface area contributed by atoms with Gasteiger partial charge in [0.2, 0.25) is 11.8 Å². The van der Waals surface area contributed by atoms with Gasteiger partial charge in [0.15, 0.2) is 0 Å². The number of unbranched alkanes of at least 4 members (excludes halogenated alkanes) is 1. The van der Waals surface area contributed by atoms with Gasteiger partial charge in [0.25, 0.3) is 0 Å². The lowest BCUT2D eigenvalue weighted by atomic mass is 10.0. The average molecular weight is 409 g/mol. The van der Waals surface area contributed by atoms with Crippen molar-refractivity contribution in [2.45, 2.75) is 72.9 Å². The van der Waals surface area contributed by atoms with Gasteiger partial charge in [-0.15, -0.1) is 0 Å². The van der Waals surface area contributed by atoms with Gasteiger partial charge in [-0.25, -0.2) is 0 Å². The highest BCUT2D eigenvalue weighted by Crippen LogP contribution is 2.18. The summed E-state index contributed by atoms with van der Waals surface area (Å²) in [5.74, 6) is -0.0769. The second-order valence-corrected chi connectivity index (χ2v) is 8.11. The van der Waals surface area contributed by atoms with E-state index in [1.807, 2.05) is 44.2 Å². The summed E-state index contributed by atoms with van der Waals surface area (Å²) in [6.07, 6.45) is 2.85. The highest BCUT2D eigenvalue weighted by atomic mass is 16.2. The summed E-state index contributed by atoms with van der Waals surface area (Å²) >= 11 is 0. The van der Waals surface area contributed by atoms with E-state index >= 15 is 0 Å². The summed E-state index contributed by atoms with van der Waals surface area (Å²) in [5, 5.41) is 3.02. The number of hydrogen-bond donors (Lipinski definition) is 1. The fourth-order valence-corrected chi connectivity index (χ4v) is 3.59. The Bertz CT molecular complexity index is 860. The minimum atomic E-state index is -0.472. The van der Waals surface area contributed by atoms with Gasteiger partial charge in [0, 0.05) is 13.1 Å². The van der Waals surface area contributed by atoms with Crippen LogP contribution in [-0.2, 0) is 22.6 Å². The second-order valence-electron chi connectivity index (χ2n) is 8.11. The minimum Gasteiger partial charge on any atom is -0.354 e. The standard InChI is InChI=1S/C26H36N2O2/c1-6-8-15-27-26(30)24(7-2)28(18-23-12-10-9-11-20(23)4)25(29)17-22-14-13-19(3)21(5)16-22/h9-14,16,24H,6-8,15,17-18H2,1-5H3,(H,27,30). The Labute approximate surface area is 181 Å². The first kappa shape index (κ1) is 23.7. The van der Waals surface area contributed by atoms with E-state index in [2.05, 4.69) is 38.2 Å². The zero-order valence-corrected chi connectivity index (χ0v) is 19.1. The van der Waals surface area contributed by atoms with E-state index in [0.717, 1.165) is 29.5 Å². The van der Waals surface area contributed by atoms with Crippen LogP contribution in [0, 0.1) is 20.8 Å². The number of carbonyl (C=O) groups is 2. The molecule has 4 heteroatoms. The molecular weight excluding hydrogens is 372 g/mol.